The van der Waals surface area contributed by atoms with E-state index < -0.39 is 0 Å². The van der Waals surface area contributed by atoms with Crippen LogP contribution in [-0.4, -0.2) is 36.4 Å². The number of nitrogens with zero attached hydrogens (tertiary/aromatic N) is 1. The molecule has 58 heavy (non-hydrogen) atoms. The highest BCUT2D eigenvalue weighted by atomic mass is 16.5. The van der Waals surface area contributed by atoms with Crippen molar-refractivity contribution in [2.24, 2.45) is 73.4 Å². The van der Waals surface area contributed by atoms with Crippen molar-refractivity contribution in [2.75, 3.05) is 6.61 Å². The molecule has 1 amide bonds. The van der Waals surface area contributed by atoms with Crippen LogP contribution in [0.2, 0.25) is 0 Å². The molecule has 1 spiro atoms. The van der Waals surface area contributed by atoms with E-state index in [-0.39, 0.29) is 34.4 Å². The van der Waals surface area contributed by atoms with E-state index in [9.17, 15) is 4.79 Å². The van der Waals surface area contributed by atoms with Crippen LogP contribution >= 0.6 is 0 Å². The molecule has 3 saturated carbocycles. The fourth-order valence-electron chi connectivity index (χ4n) is 12.8. The summed E-state index contributed by atoms with van der Waals surface area (Å²) in [4.78, 5) is 11.8. The van der Waals surface area contributed by atoms with Crippen LogP contribution in [-0.2, 0) is 9.53 Å². The maximum atomic E-state index is 11.8. The quantitative estimate of drug-likeness (QED) is 0.0793. The third kappa shape index (κ3) is 8.91. The highest BCUT2D eigenvalue weighted by molar-refractivity contribution is 5.93. The zero-order valence-electron chi connectivity index (χ0n) is 40.6. The second-order valence-electron chi connectivity index (χ2n) is 21.9. The first kappa shape index (κ1) is 48.5. The van der Waals surface area contributed by atoms with Gasteiger partial charge < -0.3 is 15.8 Å². The number of allylic oxidation sites excluding steroid dienone is 6. The minimum Gasteiger partial charge on any atom is -0.371 e. The standard InChI is InChI=1S/C39H63NO.C11H21N3O.C2H6/c1-25(2)27(5)38-15-11-16-39(23-38)17-14-30-31(36(39,9)18-19-38)12-13-32(34(30,6)7)35(8)22-28-20-29(21-28)33(35)41-24-37(10,40)26(3)4;1-6-9(5)10(14-12-7-2)11(15)13-8(3)4;1-2/h11,14,16,20,25-28,31-33H,12-13,15,17-19,21-24,40H2,1-10H3;7-8,14H,6H2,1-5H3,(H,13,15);1-2H3/b;10-9+,12-7-;/t27-,28?,31?,32?,33?,35+,36?,37+,38+,39+;;/m1../s1. The van der Waals surface area contributed by atoms with Crippen LogP contribution in [0.3, 0.4) is 0 Å². The summed E-state index contributed by atoms with van der Waals surface area (Å²) in [6.45, 7) is 38.9. The molecule has 0 radical (unpaired) electrons. The van der Waals surface area contributed by atoms with Gasteiger partial charge in [0.05, 0.1) is 12.7 Å². The topological polar surface area (TPSA) is 88.7 Å². The van der Waals surface area contributed by atoms with E-state index in [0.717, 1.165) is 29.7 Å². The lowest BCUT2D eigenvalue weighted by Crippen LogP contribution is -2.61. The van der Waals surface area contributed by atoms with Crippen molar-refractivity contribution in [3.63, 3.8) is 0 Å². The number of ether oxygens (including phenoxy) is 1. The van der Waals surface area contributed by atoms with Gasteiger partial charge in [0, 0.05) is 23.2 Å². The summed E-state index contributed by atoms with van der Waals surface area (Å²) in [5, 5.41) is 6.71. The molecule has 7 rings (SSSR count). The Morgan fingerprint density at radius 3 is 2.28 bits per heavy atom. The minimum atomic E-state index is -0.291. The van der Waals surface area contributed by atoms with Crippen LogP contribution in [0.1, 0.15) is 182 Å². The van der Waals surface area contributed by atoms with E-state index in [0.29, 0.717) is 46.3 Å². The van der Waals surface area contributed by atoms with Gasteiger partial charge in [0.1, 0.15) is 5.70 Å². The number of amides is 1. The largest absolute Gasteiger partial charge is 0.371 e. The fraction of sp³-hybridized carbons (Fsp3) is 0.808. The summed E-state index contributed by atoms with van der Waals surface area (Å²) in [6, 6.07) is 0.129. The number of carbonyl (C=O) groups is 1. The predicted molar refractivity (Wildman–Crippen MR) is 248 cm³/mol. The third-order valence-corrected chi connectivity index (χ3v) is 17.2. The van der Waals surface area contributed by atoms with Gasteiger partial charge in [-0.1, -0.05) is 113 Å². The van der Waals surface area contributed by atoms with Crippen molar-refractivity contribution in [2.45, 2.75) is 200 Å². The average molecular weight is 803 g/mol. The van der Waals surface area contributed by atoms with Gasteiger partial charge in [0.15, 0.2) is 0 Å². The molecule has 4 N–H and O–H groups in total. The number of nitrogens with two attached hydrogens (primary N) is 1. The molecule has 0 aromatic carbocycles. The Morgan fingerprint density at radius 1 is 1.05 bits per heavy atom. The Bertz CT molecular complexity index is 1600. The summed E-state index contributed by atoms with van der Waals surface area (Å²) < 4.78 is 6.95. The molecule has 7 aliphatic carbocycles. The van der Waals surface area contributed by atoms with Crippen LogP contribution < -0.4 is 16.5 Å². The van der Waals surface area contributed by atoms with Gasteiger partial charge in [-0.2, -0.15) is 5.10 Å². The maximum Gasteiger partial charge on any atom is 0.269 e. The molecule has 0 heterocycles. The molecule has 4 bridgehead atoms. The van der Waals surface area contributed by atoms with E-state index in [4.69, 9.17) is 10.5 Å². The van der Waals surface area contributed by atoms with E-state index in [1.807, 2.05) is 47.1 Å². The van der Waals surface area contributed by atoms with Gasteiger partial charge in [0.2, 0.25) is 0 Å². The highest BCUT2D eigenvalue weighted by Crippen LogP contribution is 2.74. The molecule has 3 fully saturated rings. The summed E-state index contributed by atoms with van der Waals surface area (Å²) in [5.41, 5.74) is 15.7. The Labute approximate surface area is 357 Å². The molecular weight excluding hydrogens is 713 g/mol. The van der Waals surface area contributed by atoms with Gasteiger partial charge in [-0.15, -0.1) is 0 Å². The van der Waals surface area contributed by atoms with Crippen molar-refractivity contribution in [3.8, 4) is 0 Å². The molecule has 6 nitrogen and oxygen atoms in total. The molecule has 330 valence electrons. The van der Waals surface area contributed by atoms with Gasteiger partial charge >= 0.3 is 0 Å². The van der Waals surface area contributed by atoms with Crippen molar-refractivity contribution in [1.29, 1.82) is 0 Å². The molecule has 0 aromatic heterocycles. The van der Waals surface area contributed by atoms with E-state index in [1.54, 1.807) is 18.7 Å². The van der Waals surface area contributed by atoms with Crippen molar-refractivity contribution >= 4 is 12.1 Å². The molecular formula is C52H90N4O2. The SMILES string of the molecule is C/C=N\N/C(C(=O)NC(C)C)=C(\C)CC.CC.CC(C)[C@@H](C)[C@@]12CC=C[C@]3(CC=C4C(CCC([C@]5(C)CC6C=C(C6)C5OC[C@](C)(N)C(C)C)C4(C)C)C3(C)CC1)C2. The van der Waals surface area contributed by atoms with Crippen LogP contribution in [0.25, 0.3) is 0 Å². The zero-order valence-corrected chi connectivity index (χ0v) is 40.6. The number of hydrogen-bond donors (Lipinski definition) is 3. The van der Waals surface area contributed by atoms with Crippen LogP contribution in [0, 0.1) is 62.6 Å². The molecule has 0 saturated heterocycles. The number of nitrogens with one attached hydrogen (secondary N) is 2. The third-order valence-electron chi connectivity index (χ3n) is 17.2. The normalized spacial score (nSPS) is 36.4. The molecule has 0 aliphatic heterocycles. The van der Waals surface area contributed by atoms with Gasteiger partial charge in [-0.3, -0.25) is 10.2 Å². The molecule has 0 aromatic rings. The minimum absolute atomic E-state index is 0.102. The molecule has 5 unspecified atom stereocenters. The number of carbonyl (C=O) groups excluding carboxylic acids is 1. The smallest absolute Gasteiger partial charge is 0.269 e. The lowest BCUT2D eigenvalue weighted by Gasteiger charge is -2.68. The lowest BCUT2D eigenvalue weighted by molar-refractivity contribution is -0.142. The van der Waals surface area contributed by atoms with Gasteiger partial charge in [-0.25, -0.2) is 0 Å². The maximum absolute atomic E-state index is 11.8. The van der Waals surface area contributed by atoms with Crippen molar-refractivity contribution in [1.82, 2.24) is 10.7 Å². The first-order chi connectivity index (χ1) is 27.0. The first-order valence-electron chi connectivity index (χ1n) is 23.8. The highest BCUT2D eigenvalue weighted by Gasteiger charge is 2.65. The Morgan fingerprint density at radius 2 is 1.71 bits per heavy atom. The predicted octanol–water partition coefficient (Wildman–Crippen LogP) is 12.7. The summed E-state index contributed by atoms with van der Waals surface area (Å²) in [6.07, 6.45) is 25.3. The summed E-state index contributed by atoms with van der Waals surface area (Å²) in [7, 11) is 0. The Hall–Kier alpha value is -2.18. The fourth-order valence-corrected chi connectivity index (χ4v) is 12.8. The Kier molecular flexibility index (Phi) is 15.4. The van der Waals surface area contributed by atoms with Crippen LogP contribution in [0.15, 0.2) is 51.8 Å². The number of rotatable bonds is 12. The zero-order chi connectivity index (χ0) is 43.6. The van der Waals surface area contributed by atoms with E-state index in [1.165, 1.54) is 57.8 Å². The Balaban J connectivity index is 0.000000372. The molecule has 10 atom stereocenters. The average Bonchev–Trinajstić information content (AvgIpc) is 3.14. The monoisotopic (exact) mass is 803 g/mol. The summed E-state index contributed by atoms with van der Waals surface area (Å²) in [5.74, 6) is 3.96. The number of hydrazone groups is 1. The van der Waals surface area contributed by atoms with Crippen molar-refractivity contribution in [3.05, 3.63) is 46.7 Å². The lowest BCUT2D eigenvalue weighted by atomic mass is 9.36. The molecule has 6 heteroatoms. The van der Waals surface area contributed by atoms with Gasteiger partial charge in [-0.05, 0) is 167 Å². The van der Waals surface area contributed by atoms with E-state index in [2.05, 4.69) is 109 Å². The summed E-state index contributed by atoms with van der Waals surface area (Å²) >= 11 is 0. The van der Waals surface area contributed by atoms with Crippen molar-refractivity contribution < 1.29 is 9.53 Å². The van der Waals surface area contributed by atoms with Gasteiger partial charge in [0.25, 0.3) is 5.91 Å². The number of hydrogen-bond acceptors (Lipinski definition) is 5. The second-order valence-corrected chi connectivity index (χ2v) is 21.9. The van der Waals surface area contributed by atoms with Crippen LogP contribution in [0.4, 0.5) is 0 Å². The van der Waals surface area contributed by atoms with E-state index >= 15 is 0 Å². The molecule has 7 aliphatic rings. The van der Waals surface area contributed by atoms with Crippen LogP contribution in [0.5, 0.6) is 0 Å². The number of fused-ring (bicyclic) bond motifs is 5. The first-order valence-corrected chi connectivity index (χ1v) is 23.8. The second kappa shape index (κ2) is 18.4.